The molecule has 3 rings (SSSR count). The molecule has 162 valence electrons. The second kappa shape index (κ2) is 10.2. The molecule has 1 atom stereocenters. The van der Waals surface area contributed by atoms with Crippen LogP contribution >= 0.6 is 11.8 Å². The molecule has 1 aromatic heterocycles. The third-order valence-corrected chi connectivity index (χ3v) is 5.22. The average molecular weight is 443 g/mol. The summed E-state index contributed by atoms with van der Waals surface area (Å²) in [6.45, 7) is 3.54. The summed E-state index contributed by atoms with van der Waals surface area (Å²) in [5.74, 6) is -0.147. The van der Waals surface area contributed by atoms with Crippen molar-refractivity contribution < 1.29 is 14.0 Å². The molecule has 0 saturated heterocycles. The largest absolute Gasteiger partial charge is 0.340 e. The number of thioether (sulfide) groups is 1. The fraction of sp³-hybridized carbons (Fsp3) is 0.286. The van der Waals surface area contributed by atoms with E-state index in [0.29, 0.717) is 29.2 Å². The van der Waals surface area contributed by atoms with Crippen molar-refractivity contribution in [3.05, 3.63) is 65.2 Å². The zero-order valence-corrected chi connectivity index (χ0v) is 18.2. The van der Waals surface area contributed by atoms with Gasteiger partial charge in [-0.15, -0.1) is 5.10 Å². The van der Waals surface area contributed by atoms with Crippen LogP contribution in [0.1, 0.15) is 28.2 Å². The molecule has 2 amide bonds. The standard InChI is InChI=1S/C21H23FN6O2S/c1-13-5-4-6-15(11-13)20(29)24-18(9-10-31-3)21(30)23-16-7-8-17(22)19(12-16)28-14(2)25-26-27-28/h4-8,11-12,18H,9-10H2,1-3H3,(H,23,30)(H,24,29). The van der Waals surface area contributed by atoms with Crippen LogP contribution < -0.4 is 10.6 Å². The van der Waals surface area contributed by atoms with Crippen LogP contribution in [-0.4, -0.2) is 50.1 Å². The van der Waals surface area contributed by atoms with Crippen LogP contribution in [0, 0.1) is 19.7 Å². The SMILES string of the molecule is CSCCC(NC(=O)c1cccc(C)c1)C(=O)Nc1ccc(F)c(-n2nnnc2C)c1. The van der Waals surface area contributed by atoms with Crippen molar-refractivity contribution in [1.29, 1.82) is 0 Å². The first-order chi connectivity index (χ1) is 14.9. The number of amides is 2. The van der Waals surface area contributed by atoms with Crippen molar-refractivity contribution in [3.8, 4) is 5.69 Å². The number of carbonyl (C=O) groups excluding carboxylic acids is 2. The molecule has 2 N–H and O–H groups in total. The van der Waals surface area contributed by atoms with E-state index in [1.165, 1.54) is 22.9 Å². The van der Waals surface area contributed by atoms with Crippen LogP contribution in [0.15, 0.2) is 42.5 Å². The predicted octanol–water partition coefficient (Wildman–Crippen LogP) is 2.91. The van der Waals surface area contributed by atoms with Crippen LogP contribution in [0.5, 0.6) is 0 Å². The molecule has 2 aromatic carbocycles. The Morgan fingerprint density at radius 1 is 1.19 bits per heavy atom. The van der Waals surface area contributed by atoms with Crippen molar-refractivity contribution in [3.63, 3.8) is 0 Å². The quantitative estimate of drug-likeness (QED) is 0.556. The van der Waals surface area contributed by atoms with Gasteiger partial charge in [0.15, 0.2) is 5.82 Å². The maximum Gasteiger partial charge on any atom is 0.251 e. The molecule has 0 aliphatic heterocycles. The van der Waals surface area contributed by atoms with Crippen molar-refractivity contribution in [2.75, 3.05) is 17.3 Å². The van der Waals surface area contributed by atoms with Gasteiger partial charge in [-0.1, -0.05) is 17.7 Å². The van der Waals surface area contributed by atoms with Gasteiger partial charge in [-0.25, -0.2) is 4.39 Å². The summed E-state index contributed by atoms with van der Waals surface area (Å²) in [5, 5.41) is 16.6. The molecule has 0 radical (unpaired) electrons. The molecule has 3 aromatic rings. The number of aryl methyl sites for hydroxylation is 2. The van der Waals surface area contributed by atoms with E-state index in [2.05, 4.69) is 26.2 Å². The van der Waals surface area contributed by atoms with E-state index in [1.807, 2.05) is 19.2 Å². The van der Waals surface area contributed by atoms with Gasteiger partial charge in [-0.2, -0.15) is 16.4 Å². The Morgan fingerprint density at radius 2 is 2.00 bits per heavy atom. The summed E-state index contributed by atoms with van der Waals surface area (Å²) in [6, 6.07) is 10.5. The first-order valence-electron chi connectivity index (χ1n) is 9.61. The van der Waals surface area contributed by atoms with Gasteiger partial charge in [0.25, 0.3) is 5.91 Å². The molecule has 0 bridgehead atoms. The van der Waals surface area contributed by atoms with E-state index >= 15 is 0 Å². The number of hydrogen-bond donors (Lipinski definition) is 2. The Labute approximate surface area is 183 Å². The lowest BCUT2D eigenvalue weighted by Gasteiger charge is -2.19. The van der Waals surface area contributed by atoms with Gasteiger partial charge >= 0.3 is 0 Å². The number of nitrogens with one attached hydrogen (secondary N) is 2. The second-order valence-corrected chi connectivity index (χ2v) is 7.96. The fourth-order valence-electron chi connectivity index (χ4n) is 2.97. The molecule has 0 fully saturated rings. The van der Waals surface area contributed by atoms with E-state index in [4.69, 9.17) is 0 Å². The van der Waals surface area contributed by atoms with Crippen LogP contribution in [0.2, 0.25) is 0 Å². The lowest BCUT2D eigenvalue weighted by Crippen LogP contribution is -2.44. The molecule has 1 heterocycles. The number of carbonyl (C=O) groups is 2. The van der Waals surface area contributed by atoms with E-state index in [1.54, 1.807) is 36.9 Å². The monoisotopic (exact) mass is 442 g/mol. The van der Waals surface area contributed by atoms with Crippen LogP contribution in [0.3, 0.4) is 0 Å². The molecule has 0 aliphatic carbocycles. The van der Waals surface area contributed by atoms with Crippen molar-refractivity contribution in [1.82, 2.24) is 25.5 Å². The highest BCUT2D eigenvalue weighted by atomic mass is 32.2. The highest BCUT2D eigenvalue weighted by molar-refractivity contribution is 7.98. The van der Waals surface area contributed by atoms with Crippen molar-refractivity contribution in [2.24, 2.45) is 0 Å². The average Bonchev–Trinajstić information content (AvgIpc) is 3.17. The van der Waals surface area contributed by atoms with Crippen molar-refractivity contribution in [2.45, 2.75) is 26.3 Å². The third kappa shape index (κ3) is 5.66. The Kier molecular flexibility index (Phi) is 7.35. The first kappa shape index (κ1) is 22.4. The molecule has 1 unspecified atom stereocenters. The van der Waals surface area contributed by atoms with Gasteiger partial charge in [0, 0.05) is 11.3 Å². The van der Waals surface area contributed by atoms with Crippen LogP contribution in [0.4, 0.5) is 10.1 Å². The molecule has 0 saturated carbocycles. The number of rotatable bonds is 8. The lowest BCUT2D eigenvalue weighted by atomic mass is 10.1. The molecule has 31 heavy (non-hydrogen) atoms. The highest BCUT2D eigenvalue weighted by Crippen LogP contribution is 2.19. The van der Waals surface area contributed by atoms with E-state index < -0.39 is 11.9 Å². The number of tetrazole rings is 1. The minimum Gasteiger partial charge on any atom is -0.340 e. The van der Waals surface area contributed by atoms with Gasteiger partial charge < -0.3 is 10.6 Å². The van der Waals surface area contributed by atoms with Gasteiger partial charge in [0.2, 0.25) is 5.91 Å². The number of anilines is 1. The summed E-state index contributed by atoms with van der Waals surface area (Å²) in [5.41, 5.74) is 1.93. The summed E-state index contributed by atoms with van der Waals surface area (Å²) >= 11 is 1.58. The highest BCUT2D eigenvalue weighted by Gasteiger charge is 2.22. The summed E-state index contributed by atoms with van der Waals surface area (Å²) in [4.78, 5) is 25.6. The van der Waals surface area contributed by atoms with E-state index in [-0.39, 0.29) is 17.5 Å². The minimum absolute atomic E-state index is 0.116. The number of hydrogen-bond acceptors (Lipinski definition) is 6. The summed E-state index contributed by atoms with van der Waals surface area (Å²) in [6.07, 6.45) is 2.38. The van der Waals surface area contributed by atoms with E-state index in [9.17, 15) is 14.0 Å². The smallest absolute Gasteiger partial charge is 0.251 e. The topological polar surface area (TPSA) is 102 Å². The Morgan fingerprint density at radius 3 is 2.68 bits per heavy atom. The normalized spacial score (nSPS) is 11.7. The minimum atomic E-state index is -0.747. The number of nitrogens with zero attached hydrogens (tertiary/aromatic N) is 4. The first-order valence-corrected chi connectivity index (χ1v) is 11.0. The Balaban J connectivity index is 1.78. The Hall–Kier alpha value is -3.27. The number of halogens is 1. The maximum absolute atomic E-state index is 14.3. The van der Waals surface area contributed by atoms with Gasteiger partial charge in [-0.05, 0) is 73.0 Å². The zero-order chi connectivity index (χ0) is 22.4. The summed E-state index contributed by atoms with van der Waals surface area (Å²) in [7, 11) is 0. The molecule has 8 nitrogen and oxygen atoms in total. The molecule has 0 spiro atoms. The molecular weight excluding hydrogens is 419 g/mol. The van der Waals surface area contributed by atoms with Gasteiger partial charge in [-0.3, -0.25) is 9.59 Å². The van der Waals surface area contributed by atoms with Gasteiger partial charge in [0.05, 0.1) is 0 Å². The fourth-order valence-corrected chi connectivity index (χ4v) is 3.44. The number of aromatic nitrogens is 4. The molecule has 0 aliphatic rings. The van der Waals surface area contributed by atoms with Crippen LogP contribution in [0.25, 0.3) is 5.69 Å². The van der Waals surface area contributed by atoms with Crippen LogP contribution in [-0.2, 0) is 4.79 Å². The third-order valence-electron chi connectivity index (χ3n) is 4.58. The zero-order valence-electron chi connectivity index (χ0n) is 17.4. The second-order valence-electron chi connectivity index (χ2n) is 6.97. The predicted molar refractivity (Wildman–Crippen MR) is 118 cm³/mol. The van der Waals surface area contributed by atoms with Gasteiger partial charge in [0.1, 0.15) is 17.5 Å². The van der Waals surface area contributed by atoms with Crippen molar-refractivity contribution >= 4 is 29.3 Å². The molecule has 10 heteroatoms. The lowest BCUT2D eigenvalue weighted by molar-refractivity contribution is -0.118. The Bertz CT molecular complexity index is 1090. The maximum atomic E-state index is 14.3. The number of benzene rings is 2. The summed E-state index contributed by atoms with van der Waals surface area (Å²) < 4.78 is 15.5. The molecular formula is C21H23FN6O2S. The van der Waals surface area contributed by atoms with E-state index in [0.717, 1.165) is 5.56 Å².